The quantitative estimate of drug-likeness (QED) is 0.644. The SMILES string of the molecule is CCOC(=O)c1ccc(=O)n(OC)c1. The zero-order valence-electron chi connectivity index (χ0n) is 8.02. The van der Waals surface area contributed by atoms with Crippen molar-refractivity contribution in [2.75, 3.05) is 13.7 Å². The van der Waals surface area contributed by atoms with Crippen LogP contribution < -0.4 is 10.4 Å². The van der Waals surface area contributed by atoms with Crippen molar-refractivity contribution in [3.63, 3.8) is 0 Å². The zero-order valence-corrected chi connectivity index (χ0v) is 8.02. The first-order valence-corrected chi connectivity index (χ1v) is 4.13. The van der Waals surface area contributed by atoms with Crippen LogP contribution in [-0.4, -0.2) is 24.4 Å². The lowest BCUT2D eigenvalue weighted by Crippen LogP contribution is -2.24. The van der Waals surface area contributed by atoms with E-state index < -0.39 is 5.97 Å². The van der Waals surface area contributed by atoms with Gasteiger partial charge in [-0.3, -0.25) is 4.79 Å². The molecule has 0 spiro atoms. The largest absolute Gasteiger partial charge is 0.462 e. The molecule has 0 amide bonds. The Balaban J connectivity index is 3.00. The minimum atomic E-state index is -0.474. The molecule has 0 saturated carbocycles. The first-order valence-electron chi connectivity index (χ1n) is 4.13. The predicted molar refractivity (Wildman–Crippen MR) is 49.2 cm³/mol. The van der Waals surface area contributed by atoms with E-state index in [1.807, 2.05) is 0 Å². The lowest BCUT2D eigenvalue weighted by molar-refractivity contribution is 0.0520. The van der Waals surface area contributed by atoms with Crippen molar-refractivity contribution < 1.29 is 14.4 Å². The van der Waals surface area contributed by atoms with Gasteiger partial charge < -0.3 is 9.57 Å². The van der Waals surface area contributed by atoms with Crippen LogP contribution in [0.5, 0.6) is 0 Å². The molecule has 0 aliphatic rings. The molecule has 76 valence electrons. The van der Waals surface area contributed by atoms with Gasteiger partial charge in [-0.25, -0.2) is 4.79 Å². The highest BCUT2D eigenvalue weighted by atomic mass is 16.6. The van der Waals surface area contributed by atoms with Crippen molar-refractivity contribution in [3.05, 3.63) is 34.2 Å². The van der Waals surface area contributed by atoms with E-state index in [1.165, 1.54) is 25.4 Å². The van der Waals surface area contributed by atoms with Gasteiger partial charge in [0.25, 0.3) is 5.56 Å². The maximum atomic E-state index is 11.2. The molecule has 0 radical (unpaired) electrons. The summed E-state index contributed by atoms with van der Waals surface area (Å²) in [5.74, 6) is -0.474. The molecule has 0 aliphatic heterocycles. The van der Waals surface area contributed by atoms with E-state index in [-0.39, 0.29) is 11.1 Å². The Labute approximate surface area is 80.8 Å². The number of ether oxygens (including phenoxy) is 1. The molecule has 14 heavy (non-hydrogen) atoms. The number of hydrogen-bond acceptors (Lipinski definition) is 4. The van der Waals surface area contributed by atoms with E-state index in [0.29, 0.717) is 6.61 Å². The van der Waals surface area contributed by atoms with E-state index in [1.54, 1.807) is 6.92 Å². The third-order valence-electron chi connectivity index (χ3n) is 1.59. The van der Waals surface area contributed by atoms with Crippen molar-refractivity contribution in [2.24, 2.45) is 0 Å². The van der Waals surface area contributed by atoms with Crippen molar-refractivity contribution in [3.8, 4) is 0 Å². The minimum absolute atomic E-state index is 0.285. The van der Waals surface area contributed by atoms with Gasteiger partial charge in [0.1, 0.15) is 7.11 Å². The molecule has 0 aliphatic carbocycles. The van der Waals surface area contributed by atoms with Crippen LogP contribution in [0.4, 0.5) is 0 Å². The summed E-state index contributed by atoms with van der Waals surface area (Å²) in [6.45, 7) is 2.01. The average molecular weight is 197 g/mol. The Bertz CT molecular complexity index is 383. The highest BCUT2D eigenvalue weighted by Crippen LogP contribution is 1.97. The fourth-order valence-electron chi connectivity index (χ4n) is 0.945. The molecule has 0 unspecified atom stereocenters. The Morgan fingerprint density at radius 2 is 2.21 bits per heavy atom. The Morgan fingerprint density at radius 1 is 1.50 bits per heavy atom. The van der Waals surface area contributed by atoms with E-state index >= 15 is 0 Å². The molecule has 1 aromatic rings. The van der Waals surface area contributed by atoms with Gasteiger partial charge in [-0.05, 0) is 13.0 Å². The molecule has 0 fully saturated rings. The molecule has 1 heterocycles. The summed E-state index contributed by atoms with van der Waals surface area (Å²) >= 11 is 0. The molecular weight excluding hydrogens is 186 g/mol. The Morgan fingerprint density at radius 3 is 2.79 bits per heavy atom. The van der Waals surface area contributed by atoms with Gasteiger partial charge in [-0.1, -0.05) is 0 Å². The topological polar surface area (TPSA) is 57.5 Å². The first-order chi connectivity index (χ1) is 6.69. The van der Waals surface area contributed by atoms with Crippen molar-refractivity contribution in [2.45, 2.75) is 6.92 Å². The average Bonchev–Trinajstić information content (AvgIpc) is 2.19. The van der Waals surface area contributed by atoms with E-state index in [2.05, 4.69) is 0 Å². The zero-order chi connectivity index (χ0) is 10.6. The summed E-state index contributed by atoms with van der Waals surface area (Å²) in [4.78, 5) is 27.0. The number of carbonyl (C=O) groups is 1. The lowest BCUT2D eigenvalue weighted by Gasteiger charge is -2.05. The van der Waals surface area contributed by atoms with Crippen LogP contribution in [0.1, 0.15) is 17.3 Å². The molecular formula is C9H11NO4. The van der Waals surface area contributed by atoms with Crippen molar-refractivity contribution in [1.82, 2.24) is 4.73 Å². The maximum absolute atomic E-state index is 11.2. The molecule has 0 aromatic carbocycles. The van der Waals surface area contributed by atoms with Gasteiger partial charge in [-0.2, -0.15) is 4.73 Å². The summed E-state index contributed by atoms with van der Waals surface area (Å²) in [7, 11) is 1.34. The van der Waals surface area contributed by atoms with Crippen LogP contribution in [0.25, 0.3) is 0 Å². The number of pyridine rings is 1. The van der Waals surface area contributed by atoms with Crippen LogP contribution in [0.15, 0.2) is 23.1 Å². The molecule has 0 atom stereocenters. The molecule has 0 bridgehead atoms. The predicted octanol–water partition coefficient (Wildman–Crippen LogP) is 0.0834. The highest BCUT2D eigenvalue weighted by Gasteiger charge is 2.07. The monoisotopic (exact) mass is 197 g/mol. The van der Waals surface area contributed by atoms with Gasteiger partial charge in [0.05, 0.1) is 18.4 Å². The molecule has 0 saturated heterocycles. The maximum Gasteiger partial charge on any atom is 0.339 e. The lowest BCUT2D eigenvalue weighted by atomic mass is 10.3. The Hall–Kier alpha value is -1.78. The summed E-state index contributed by atoms with van der Waals surface area (Å²) < 4.78 is 5.72. The summed E-state index contributed by atoms with van der Waals surface area (Å²) in [6, 6.07) is 2.64. The van der Waals surface area contributed by atoms with Crippen LogP contribution in [0.2, 0.25) is 0 Å². The number of esters is 1. The van der Waals surface area contributed by atoms with Gasteiger partial charge in [0.2, 0.25) is 0 Å². The first kappa shape index (κ1) is 10.3. The van der Waals surface area contributed by atoms with Crippen molar-refractivity contribution >= 4 is 5.97 Å². The smallest absolute Gasteiger partial charge is 0.339 e. The second-order valence-corrected chi connectivity index (χ2v) is 2.48. The van der Waals surface area contributed by atoms with Crippen LogP contribution >= 0.6 is 0 Å². The summed E-state index contributed by atoms with van der Waals surface area (Å²) in [5.41, 5.74) is -0.0474. The summed E-state index contributed by atoms with van der Waals surface area (Å²) in [6.07, 6.45) is 1.29. The third-order valence-corrected chi connectivity index (χ3v) is 1.59. The fraction of sp³-hybridized carbons (Fsp3) is 0.333. The number of carbonyl (C=O) groups excluding carboxylic acids is 1. The Kier molecular flexibility index (Phi) is 3.28. The van der Waals surface area contributed by atoms with Crippen LogP contribution in [-0.2, 0) is 4.74 Å². The second kappa shape index (κ2) is 4.45. The normalized spacial score (nSPS) is 9.57. The molecule has 5 nitrogen and oxygen atoms in total. The molecule has 5 heteroatoms. The second-order valence-electron chi connectivity index (χ2n) is 2.48. The standard InChI is InChI=1S/C9H11NO4/c1-3-14-9(12)7-4-5-8(11)10(6-7)13-2/h4-6H,3H2,1-2H3. The number of hydrogen-bond donors (Lipinski definition) is 0. The number of aromatic nitrogens is 1. The van der Waals surface area contributed by atoms with Crippen LogP contribution in [0.3, 0.4) is 0 Å². The number of nitrogens with zero attached hydrogens (tertiary/aromatic N) is 1. The molecule has 0 N–H and O–H groups in total. The minimum Gasteiger partial charge on any atom is -0.462 e. The molecule has 1 aromatic heterocycles. The summed E-state index contributed by atoms with van der Waals surface area (Å²) in [5, 5.41) is 0. The van der Waals surface area contributed by atoms with Gasteiger partial charge in [0, 0.05) is 6.07 Å². The van der Waals surface area contributed by atoms with E-state index in [9.17, 15) is 9.59 Å². The van der Waals surface area contributed by atoms with Crippen molar-refractivity contribution in [1.29, 1.82) is 0 Å². The third kappa shape index (κ3) is 2.12. The van der Waals surface area contributed by atoms with Gasteiger partial charge in [0.15, 0.2) is 0 Å². The van der Waals surface area contributed by atoms with E-state index in [4.69, 9.17) is 9.57 Å². The van der Waals surface area contributed by atoms with E-state index in [0.717, 1.165) is 4.73 Å². The molecule has 1 rings (SSSR count). The van der Waals surface area contributed by atoms with Crippen LogP contribution in [0, 0.1) is 0 Å². The number of rotatable bonds is 3. The fourth-order valence-corrected chi connectivity index (χ4v) is 0.945. The van der Waals surface area contributed by atoms with Gasteiger partial charge >= 0.3 is 5.97 Å². The van der Waals surface area contributed by atoms with Gasteiger partial charge in [-0.15, -0.1) is 0 Å². The highest BCUT2D eigenvalue weighted by molar-refractivity contribution is 5.88.